The molecule has 0 saturated heterocycles. The normalized spacial score (nSPS) is 13.6. The number of nitrogens with one attached hydrogen (secondary N) is 1. The minimum absolute atomic E-state index is 0.138. The zero-order valence-electron chi connectivity index (χ0n) is 20.7. The first-order valence-corrected chi connectivity index (χ1v) is 14.4. The van der Waals surface area contributed by atoms with Crippen LogP contribution in [0.15, 0.2) is 46.9 Å². The van der Waals surface area contributed by atoms with Crippen molar-refractivity contribution in [2.45, 2.75) is 39.3 Å². The number of unbranched alkanes of at least 4 members (excludes halogenated alkanes) is 1. The molecular formula is C25H32BrN3O6S. The molecule has 2 aromatic carbocycles. The lowest BCUT2D eigenvalue weighted by atomic mass is 10.1. The summed E-state index contributed by atoms with van der Waals surface area (Å²) in [7, 11) is -3.83. The second-order valence-corrected chi connectivity index (χ2v) is 11.4. The highest BCUT2D eigenvalue weighted by atomic mass is 79.9. The van der Waals surface area contributed by atoms with Gasteiger partial charge in [-0.25, -0.2) is 8.42 Å². The Labute approximate surface area is 220 Å². The van der Waals surface area contributed by atoms with Gasteiger partial charge in [0.1, 0.15) is 25.8 Å². The summed E-state index contributed by atoms with van der Waals surface area (Å²) in [6.45, 7) is 4.59. The van der Waals surface area contributed by atoms with Crippen molar-refractivity contribution in [3.05, 3.63) is 52.5 Å². The van der Waals surface area contributed by atoms with Crippen molar-refractivity contribution in [2.24, 2.45) is 0 Å². The van der Waals surface area contributed by atoms with Gasteiger partial charge in [-0.15, -0.1) is 0 Å². The molecule has 1 aliphatic heterocycles. The van der Waals surface area contributed by atoms with E-state index in [0.29, 0.717) is 31.3 Å². The molecule has 0 radical (unpaired) electrons. The molecule has 0 aromatic heterocycles. The van der Waals surface area contributed by atoms with Crippen molar-refractivity contribution in [3.63, 3.8) is 0 Å². The third kappa shape index (κ3) is 7.36. The number of carbonyl (C=O) groups is 2. The number of rotatable bonds is 11. The summed E-state index contributed by atoms with van der Waals surface area (Å²) < 4.78 is 38.4. The molecule has 3 rings (SSSR count). The van der Waals surface area contributed by atoms with Gasteiger partial charge in [-0.1, -0.05) is 41.4 Å². The lowest BCUT2D eigenvalue weighted by Crippen LogP contribution is -2.51. The first-order valence-electron chi connectivity index (χ1n) is 11.8. The summed E-state index contributed by atoms with van der Waals surface area (Å²) in [5, 5.41) is 2.86. The Morgan fingerprint density at radius 1 is 1.11 bits per heavy atom. The number of anilines is 1. The van der Waals surface area contributed by atoms with E-state index in [1.807, 2.05) is 31.2 Å². The van der Waals surface area contributed by atoms with Gasteiger partial charge in [-0.3, -0.25) is 13.9 Å². The molecule has 1 N–H and O–H groups in total. The molecule has 1 aliphatic rings. The number of amides is 2. The summed E-state index contributed by atoms with van der Waals surface area (Å²) in [5.41, 5.74) is 1.08. The minimum atomic E-state index is -3.83. The molecule has 0 aliphatic carbocycles. The quantitative estimate of drug-likeness (QED) is 0.408. The van der Waals surface area contributed by atoms with Crippen LogP contribution in [0, 0.1) is 0 Å². The Bertz CT molecular complexity index is 1190. The minimum Gasteiger partial charge on any atom is -0.486 e. The predicted molar refractivity (Wildman–Crippen MR) is 142 cm³/mol. The van der Waals surface area contributed by atoms with Gasteiger partial charge >= 0.3 is 0 Å². The summed E-state index contributed by atoms with van der Waals surface area (Å²) in [5.74, 6) is 0.124. The van der Waals surface area contributed by atoms with E-state index in [-0.39, 0.29) is 18.1 Å². The Hall–Kier alpha value is -2.79. The molecule has 1 atom stereocenters. The molecule has 9 nitrogen and oxygen atoms in total. The van der Waals surface area contributed by atoms with Crippen LogP contribution in [-0.2, 0) is 26.2 Å². The van der Waals surface area contributed by atoms with Gasteiger partial charge in [0, 0.05) is 23.6 Å². The van der Waals surface area contributed by atoms with E-state index in [4.69, 9.17) is 9.47 Å². The van der Waals surface area contributed by atoms with Crippen LogP contribution >= 0.6 is 15.9 Å². The van der Waals surface area contributed by atoms with Crippen LogP contribution in [0.5, 0.6) is 11.5 Å². The lowest BCUT2D eigenvalue weighted by molar-refractivity contribution is -0.139. The molecule has 0 spiro atoms. The Morgan fingerprint density at radius 3 is 2.50 bits per heavy atom. The fraction of sp³-hybridized carbons (Fsp3) is 0.440. The number of ether oxygens (including phenoxy) is 2. The number of nitrogens with zero attached hydrogens (tertiary/aromatic N) is 2. The monoisotopic (exact) mass is 581 g/mol. The molecule has 0 fully saturated rings. The van der Waals surface area contributed by atoms with Gasteiger partial charge in [0.05, 0.1) is 11.9 Å². The summed E-state index contributed by atoms with van der Waals surface area (Å²) in [4.78, 5) is 27.9. The number of hydrogen-bond acceptors (Lipinski definition) is 6. The van der Waals surface area contributed by atoms with Crippen LogP contribution in [0.4, 0.5) is 5.69 Å². The van der Waals surface area contributed by atoms with Crippen molar-refractivity contribution < 1.29 is 27.5 Å². The molecule has 0 saturated carbocycles. The van der Waals surface area contributed by atoms with Crippen LogP contribution in [0.3, 0.4) is 0 Å². The molecule has 1 unspecified atom stereocenters. The number of sulfonamides is 1. The molecule has 1 heterocycles. The topological polar surface area (TPSA) is 105 Å². The molecule has 36 heavy (non-hydrogen) atoms. The number of carbonyl (C=O) groups excluding carboxylic acids is 2. The zero-order chi connectivity index (χ0) is 26.3. The highest BCUT2D eigenvalue weighted by molar-refractivity contribution is 9.10. The third-order valence-electron chi connectivity index (χ3n) is 5.73. The van der Waals surface area contributed by atoms with Crippen LogP contribution < -0.4 is 19.1 Å². The first-order chi connectivity index (χ1) is 17.1. The van der Waals surface area contributed by atoms with E-state index >= 15 is 0 Å². The fourth-order valence-corrected chi connectivity index (χ4v) is 5.04. The highest BCUT2D eigenvalue weighted by Gasteiger charge is 2.30. The van der Waals surface area contributed by atoms with E-state index in [1.54, 1.807) is 25.1 Å². The SMILES string of the molecule is CCCCNC(=O)C(C)N(Cc1cccc(Br)c1)C(=O)CN(c1ccc2c(c1)OCCO2)S(C)(=O)=O. The molecular weight excluding hydrogens is 550 g/mol. The van der Waals surface area contributed by atoms with E-state index in [9.17, 15) is 18.0 Å². The van der Waals surface area contributed by atoms with Crippen LogP contribution in [0.1, 0.15) is 32.3 Å². The summed E-state index contributed by atoms with van der Waals surface area (Å²) in [6, 6.07) is 11.3. The average molecular weight is 583 g/mol. The fourth-order valence-electron chi connectivity index (χ4n) is 3.75. The highest BCUT2D eigenvalue weighted by Crippen LogP contribution is 2.34. The maximum absolute atomic E-state index is 13.6. The maximum Gasteiger partial charge on any atom is 0.244 e. The van der Waals surface area contributed by atoms with Gasteiger partial charge in [-0.2, -0.15) is 0 Å². The third-order valence-corrected chi connectivity index (χ3v) is 7.37. The molecule has 196 valence electrons. The number of fused-ring (bicyclic) bond motifs is 1. The Morgan fingerprint density at radius 2 is 1.83 bits per heavy atom. The van der Waals surface area contributed by atoms with E-state index in [1.165, 1.54) is 4.90 Å². The van der Waals surface area contributed by atoms with Gasteiger partial charge in [0.2, 0.25) is 21.8 Å². The van der Waals surface area contributed by atoms with Crippen LogP contribution in [-0.4, -0.2) is 63.7 Å². The van der Waals surface area contributed by atoms with Crippen molar-refractivity contribution in [2.75, 3.05) is 36.9 Å². The van der Waals surface area contributed by atoms with Crippen molar-refractivity contribution in [1.82, 2.24) is 10.2 Å². The molecule has 2 amide bonds. The second-order valence-electron chi connectivity index (χ2n) is 8.57. The van der Waals surface area contributed by atoms with Gasteiger partial charge in [0.25, 0.3) is 0 Å². The number of halogens is 1. The van der Waals surface area contributed by atoms with E-state index in [2.05, 4.69) is 21.2 Å². The second kappa shape index (κ2) is 12.4. The van der Waals surface area contributed by atoms with Gasteiger partial charge in [0.15, 0.2) is 11.5 Å². The van der Waals surface area contributed by atoms with Crippen LogP contribution in [0.25, 0.3) is 0 Å². The van der Waals surface area contributed by atoms with Crippen molar-refractivity contribution >= 4 is 43.5 Å². The summed E-state index contributed by atoms with van der Waals surface area (Å²) in [6.07, 6.45) is 2.79. The van der Waals surface area contributed by atoms with Crippen molar-refractivity contribution in [1.29, 1.82) is 0 Å². The van der Waals surface area contributed by atoms with E-state index in [0.717, 1.165) is 33.4 Å². The van der Waals surface area contributed by atoms with Crippen molar-refractivity contribution in [3.8, 4) is 11.5 Å². The Kier molecular flexibility index (Phi) is 9.61. The lowest BCUT2D eigenvalue weighted by Gasteiger charge is -2.32. The molecule has 0 bridgehead atoms. The standard InChI is InChI=1S/C25H32BrN3O6S/c1-4-5-11-27-25(31)18(2)28(16-19-7-6-8-20(26)14-19)24(30)17-29(36(3,32)33)21-9-10-22-23(15-21)35-13-12-34-22/h6-10,14-15,18H,4-5,11-13,16-17H2,1-3H3,(H,27,31). The zero-order valence-corrected chi connectivity index (χ0v) is 23.1. The largest absolute Gasteiger partial charge is 0.486 e. The first kappa shape index (κ1) is 27.8. The van der Waals surface area contributed by atoms with Gasteiger partial charge in [-0.05, 0) is 43.2 Å². The van der Waals surface area contributed by atoms with Crippen LogP contribution in [0.2, 0.25) is 0 Å². The smallest absolute Gasteiger partial charge is 0.244 e. The molecule has 2 aromatic rings. The average Bonchev–Trinajstić information content (AvgIpc) is 2.84. The Balaban J connectivity index is 1.89. The predicted octanol–water partition coefficient (Wildman–Crippen LogP) is 3.32. The number of hydrogen-bond donors (Lipinski definition) is 1. The number of benzene rings is 2. The van der Waals surface area contributed by atoms with Gasteiger partial charge < -0.3 is 19.7 Å². The van der Waals surface area contributed by atoms with E-state index < -0.39 is 28.5 Å². The maximum atomic E-state index is 13.6. The summed E-state index contributed by atoms with van der Waals surface area (Å²) >= 11 is 3.43. The molecule has 11 heteroatoms.